The Morgan fingerprint density at radius 1 is 1.18 bits per heavy atom. The van der Waals surface area contributed by atoms with Gasteiger partial charge in [0, 0.05) is 12.3 Å². The van der Waals surface area contributed by atoms with E-state index in [0.29, 0.717) is 19.5 Å². The largest absolute Gasteiger partial charge is 0.441 e. The highest BCUT2D eigenvalue weighted by Gasteiger charge is 2.27. The topological polar surface area (TPSA) is 12.0 Å². The number of thioether (sulfide) groups is 1. The summed E-state index contributed by atoms with van der Waals surface area (Å²) in [6, 6.07) is 6.18. The van der Waals surface area contributed by atoms with Crippen molar-refractivity contribution in [1.29, 1.82) is 0 Å². The lowest BCUT2D eigenvalue weighted by Crippen LogP contribution is -2.21. The first kappa shape index (κ1) is 14.3. The molecule has 0 bridgehead atoms. The van der Waals surface area contributed by atoms with Gasteiger partial charge in [0.1, 0.15) is 5.82 Å². The minimum absolute atomic E-state index is 0.00729. The molecule has 17 heavy (non-hydrogen) atoms. The minimum atomic E-state index is -4.16. The van der Waals surface area contributed by atoms with Crippen LogP contribution in [0.3, 0.4) is 0 Å². The second-order valence-electron chi connectivity index (χ2n) is 3.42. The summed E-state index contributed by atoms with van der Waals surface area (Å²) < 4.78 is 48.1. The lowest BCUT2D eigenvalue weighted by atomic mass is 10.1. The number of benzene rings is 1. The van der Waals surface area contributed by atoms with Gasteiger partial charge >= 0.3 is 5.51 Å². The molecular weight excluding hydrogens is 254 g/mol. The van der Waals surface area contributed by atoms with Crippen molar-refractivity contribution < 1.29 is 17.6 Å². The zero-order valence-corrected chi connectivity index (χ0v) is 9.87. The molecule has 0 radical (unpaired) electrons. The normalized spacial score (nSPS) is 11.8. The summed E-state index contributed by atoms with van der Waals surface area (Å²) in [5.41, 5.74) is -3.33. The number of rotatable bonds is 6. The predicted molar refractivity (Wildman–Crippen MR) is 61.5 cm³/mol. The van der Waals surface area contributed by atoms with Crippen LogP contribution in [0.25, 0.3) is 0 Å². The van der Waals surface area contributed by atoms with Gasteiger partial charge in [-0.15, -0.1) is 0 Å². The smallest absolute Gasteiger partial charge is 0.316 e. The third-order valence-corrected chi connectivity index (χ3v) is 2.76. The van der Waals surface area contributed by atoms with Gasteiger partial charge in [-0.3, -0.25) is 0 Å². The molecule has 1 N–H and O–H groups in total. The maximum Gasteiger partial charge on any atom is 0.441 e. The van der Waals surface area contributed by atoms with Crippen molar-refractivity contribution in [2.75, 3.05) is 18.8 Å². The van der Waals surface area contributed by atoms with Crippen LogP contribution >= 0.6 is 11.8 Å². The molecule has 0 atom stereocenters. The summed E-state index contributed by atoms with van der Waals surface area (Å²) in [7, 11) is 0. The first-order valence-electron chi connectivity index (χ1n) is 5.13. The fourth-order valence-electron chi connectivity index (χ4n) is 1.29. The lowest BCUT2D eigenvalue weighted by molar-refractivity contribution is -0.0327. The van der Waals surface area contributed by atoms with Crippen molar-refractivity contribution in [3.05, 3.63) is 35.6 Å². The Morgan fingerprint density at radius 3 is 2.59 bits per heavy atom. The van der Waals surface area contributed by atoms with Gasteiger partial charge in [-0.25, -0.2) is 4.39 Å². The molecule has 0 unspecified atom stereocenters. The van der Waals surface area contributed by atoms with Crippen LogP contribution in [-0.4, -0.2) is 24.4 Å². The average molecular weight is 267 g/mol. The molecule has 0 aliphatic rings. The monoisotopic (exact) mass is 267 g/mol. The van der Waals surface area contributed by atoms with Crippen LogP contribution < -0.4 is 5.32 Å². The van der Waals surface area contributed by atoms with Gasteiger partial charge in [-0.2, -0.15) is 13.2 Å². The number of nitrogens with one attached hydrogen (secondary N) is 1. The highest BCUT2D eigenvalue weighted by Crippen LogP contribution is 2.29. The summed E-state index contributed by atoms with van der Waals surface area (Å²) in [5.74, 6) is -0.303. The summed E-state index contributed by atoms with van der Waals surface area (Å²) in [5, 5.41) is 2.88. The maximum absolute atomic E-state index is 12.8. The summed E-state index contributed by atoms with van der Waals surface area (Å²) >= 11 is -0.0402. The zero-order chi connectivity index (χ0) is 12.7. The van der Waals surface area contributed by atoms with Crippen LogP contribution in [0.5, 0.6) is 0 Å². The SMILES string of the molecule is Fc1cccc(CCNCCSC(F)(F)F)c1. The van der Waals surface area contributed by atoms with E-state index in [1.807, 2.05) is 0 Å². The molecule has 0 aromatic heterocycles. The number of hydrogen-bond acceptors (Lipinski definition) is 2. The molecular formula is C11H13F4NS. The third kappa shape index (κ3) is 7.23. The molecule has 1 aromatic carbocycles. The Morgan fingerprint density at radius 2 is 1.94 bits per heavy atom. The Hall–Kier alpha value is -0.750. The van der Waals surface area contributed by atoms with Crippen LogP contribution in [0.1, 0.15) is 5.56 Å². The second-order valence-corrected chi connectivity index (χ2v) is 4.58. The third-order valence-electron chi connectivity index (χ3n) is 2.02. The molecule has 1 aromatic rings. The summed E-state index contributed by atoms with van der Waals surface area (Å²) in [6.45, 7) is 0.835. The van der Waals surface area contributed by atoms with Crippen LogP contribution in [-0.2, 0) is 6.42 Å². The standard InChI is InChI=1S/C11H13F4NS/c12-10-3-1-2-9(8-10)4-5-16-6-7-17-11(13,14)15/h1-3,8,16H,4-7H2. The highest BCUT2D eigenvalue weighted by atomic mass is 32.2. The van der Waals surface area contributed by atoms with Gasteiger partial charge in [-0.1, -0.05) is 12.1 Å². The van der Waals surface area contributed by atoms with Gasteiger partial charge < -0.3 is 5.32 Å². The van der Waals surface area contributed by atoms with E-state index in [0.717, 1.165) is 5.56 Å². The van der Waals surface area contributed by atoms with Gasteiger partial charge in [0.25, 0.3) is 0 Å². The number of halogens is 4. The van der Waals surface area contributed by atoms with E-state index in [2.05, 4.69) is 5.32 Å². The molecule has 1 nitrogen and oxygen atoms in total. The van der Waals surface area contributed by atoms with E-state index >= 15 is 0 Å². The van der Waals surface area contributed by atoms with E-state index in [9.17, 15) is 17.6 Å². The molecule has 0 amide bonds. The van der Waals surface area contributed by atoms with E-state index in [1.165, 1.54) is 12.1 Å². The molecule has 6 heteroatoms. The maximum atomic E-state index is 12.8. The lowest BCUT2D eigenvalue weighted by Gasteiger charge is -2.07. The van der Waals surface area contributed by atoms with E-state index in [-0.39, 0.29) is 23.3 Å². The van der Waals surface area contributed by atoms with Gasteiger partial charge in [0.05, 0.1) is 0 Å². The minimum Gasteiger partial charge on any atom is -0.316 e. The first-order valence-corrected chi connectivity index (χ1v) is 6.12. The predicted octanol–water partition coefficient (Wildman–Crippen LogP) is 3.21. The van der Waals surface area contributed by atoms with E-state index in [4.69, 9.17) is 0 Å². The van der Waals surface area contributed by atoms with Crippen molar-refractivity contribution in [3.8, 4) is 0 Å². The highest BCUT2D eigenvalue weighted by molar-refractivity contribution is 8.00. The molecule has 0 saturated carbocycles. The van der Waals surface area contributed by atoms with Crippen LogP contribution in [0.2, 0.25) is 0 Å². The molecule has 1 rings (SSSR count). The molecule has 0 fully saturated rings. The van der Waals surface area contributed by atoms with Gasteiger partial charge in [0.2, 0.25) is 0 Å². The Balaban J connectivity index is 2.09. The van der Waals surface area contributed by atoms with Crippen molar-refractivity contribution >= 4 is 11.8 Å². The average Bonchev–Trinajstić information content (AvgIpc) is 2.22. The molecule has 0 heterocycles. The summed E-state index contributed by atoms with van der Waals surface area (Å²) in [4.78, 5) is 0. The quantitative estimate of drug-likeness (QED) is 0.627. The van der Waals surface area contributed by atoms with Crippen molar-refractivity contribution in [2.24, 2.45) is 0 Å². The van der Waals surface area contributed by atoms with Crippen LogP contribution in [0, 0.1) is 5.82 Å². The molecule has 0 spiro atoms. The Kier molecular flexibility index (Phi) is 5.77. The fraction of sp³-hybridized carbons (Fsp3) is 0.455. The molecule has 0 aliphatic carbocycles. The molecule has 0 aliphatic heterocycles. The van der Waals surface area contributed by atoms with Crippen LogP contribution in [0.15, 0.2) is 24.3 Å². The summed E-state index contributed by atoms with van der Waals surface area (Å²) in [6.07, 6.45) is 0.606. The molecule has 96 valence electrons. The van der Waals surface area contributed by atoms with E-state index < -0.39 is 5.51 Å². The Bertz CT molecular complexity index is 340. The zero-order valence-electron chi connectivity index (χ0n) is 9.06. The van der Waals surface area contributed by atoms with Crippen molar-refractivity contribution in [2.45, 2.75) is 11.9 Å². The van der Waals surface area contributed by atoms with Crippen LogP contribution in [0.4, 0.5) is 17.6 Å². The molecule has 0 saturated heterocycles. The Labute approximate surface area is 102 Å². The van der Waals surface area contributed by atoms with Gasteiger partial charge in [0.15, 0.2) is 0 Å². The first-order chi connectivity index (χ1) is 7.97. The van der Waals surface area contributed by atoms with Crippen molar-refractivity contribution in [1.82, 2.24) is 5.32 Å². The fourth-order valence-corrected chi connectivity index (χ4v) is 1.77. The second kappa shape index (κ2) is 6.86. The van der Waals surface area contributed by atoms with Gasteiger partial charge in [-0.05, 0) is 42.4 Å². The van der Waals surface area contributed by atoms with Crippen molar-refractivity contribution in [3.63, 3.8) is 0 Å². The number of alkyl halides is 3. The number of hydrogen-bond donors (Lipinski definition) is 1. The van der Waals surface area contributed by atoms with E-state index in [1.54, 1.807) is 12.1 Å².